The summed E-state index contributed by atoms with van der Waals surface area (Å²) in [5.74, 6) is 0. The molecule has 0 aliphatic heterocycles. The molecule has 0 aromatic heterocycles. The average Bonchev–Trinajstić information content (AvgIpc) is 0.811. The van der Waals surface area contributed by atoms with Gasteiger partial charge in [0.25, 0.3) is 0 Å². The van der Waals surface area contributed by atoms with E-state index in [0.29, 0.717) is 0 Å². The third-order valence-corrected chi connectivity index (χ3v) is 0. The molecule has 0 bridgehead atoms. The van der Waals surface area contributed by atoms with Gasteiger partial charge < -0.3 is 16.4 Å². The molecule has 5 N–H and O–H groups in total. The van der Waals surface area contributed by atoms with Crippen LogP contribution in [0, 0.1) is 0 Å². The van der Waals surface area contributed by atoms with Crippen LogP contribution in [0.3, 0.4) is 0 Å². The van der Waals surface area contributed by atoms with Gasteiger partial charge in [0.1, 0.15) is 0 Å². The topological polar surface area (TPSA) is 92.5 Å². The summed E-state index contributed by atoms with van der Waals surface area (Å²) >= 11 is 0. The van der Waals surface area contributed by atoms with Crippen LogP contribution in [0.4, 0.5) is 4.79 Å². The van der Waals surface area contributed by atoms with Gasteiger partial charge in [-0.15, -0.1) is 0 Å². The van der Waals surface area contributed by atoms with Gasteiger partial charge in [0.05, 0.1) is 0 Å². The second-order valence-corrected chi connectivity index (χ2v) is 0.283. The third-order valence-electron chi connectivity index (χ3n) is 0. The predicted octanol–water partition coefficient (Wildman–Crippen LogP) is -0.532. The van der Waals surface area contributed by atoms with Crippen molar-refractivity contribution < 1.29 is 15.0 Å². The zero-order valence-electron chi connectivity index (χ0n) is 2.51. The summed E-state index contributed by atoms with van der Waals surface area (Å²) in [5, 5.41) is 13.9. The van der Waals surface area contributed by atoms with Gasteiger partial charge in [-0.05, 0) is 0 Å². The fourth-order valence-corrected chi connectivity index (χ4v) is 0. The van der Waals surface area contributed by atoms with E-state index in [9.17, 15) is 0 Å². The van der Waals surface area contributed by atoms with E-state index in [-0.39, 0.29) is 43.9 Å². The van der Waals surface area contributed by atoms with E-state index in [1.165, 1.54) is 0 Å². The molecule has 0 atom stereocenters. The van der Waals surface area contributed by atoms with Crippen LogP contribution in [0.1, 0.15) is 0 Å². The second kappa shape index (κ2) is 9.09. The van der Waals surface area contributed by atoms with E-state index >= 15 is 0 Å². The first-order valence-corrected chi connectivity index (χ1v) is 0.651. The third kappa shape index (κ3) is 228. The molecule has 0 aromatic carbocycles. The molecule has 0 aromatic rings. The first-order chi connectivity index (χ1) is 1.73. The van der Waals surface area contributed by atoms with Crippen LogP contribution in [-0.2, 0) is 0 Å². The maximum atomic E-state index is 8.56. The summed E-state index contributed by atoms with van der Waals surface area (Å²) < 4.78 is 0. The molecule has 0 saturated carbocycles. The van der Waals surface area contributed by atoms with Crippen molar-refractivity contribution in [2.75, 3.05) is 0 Å². The number of hydrogen-bond acceptors (Lipinski definition) is 2. The van der Waals surface area contributed by atoms with Crippen LogP contribution >= 0.6 is 0 Å². The Morgan fingerprint density at radius 2 is 1.33 bits per heavy atom. The fraction of sp³-hybridized carbons (Fsp3) is 0. The molecule has 0 rings (SSSR count). The van der Waals surface area contributed by atoms with Crippen LogP contribution in [-0.4, -0.2) is 54.1 Å². The Labute approximate surface area is 64.7 Å². The van der Waals surface area contributed by atoms with Crippen molar-refractivity contribution in [3.8, 4) is 0 Å². The summed E-state index contributed by atoms with van der Waals surface area (Å²) in [6, 6.07) is 0. The average molecular weight is 121 g/mol. The molecule has 0 aliphatic carbocycles. The van der Waals surface area contributed by atoms with Gasteiger partial charge in [0.2, 0.25) is 0 Å². The first-order valence-electron chi connectivity index (χ1n) is 0.651. The van der Waals surface area contributed by atoms with Crippen molar-refractivity contribution in [2.24, 2.45) is 0 Å². The SMILES string of the molecule is N.O=C(O)O.[CaH2]. The minimum absolute atomic E-state index is 0. The molecule has 4 nitrogen and oxygen atoms in total. The van der Waals surface area contributed by atoms with E-state index in [2.05, 4.69) is 0 Å². The first kappa shape index (κ1) is 16.1. The second-order valence-electron chi connectivity index (χ2n) is 0.283. The van der Waals surface area contributed by atoms with Crippen molar-refractivity contribution in [3.63, 3.8) is 0 Å². The maximum absolute atomic E-state index is 8.56. The van der Waals surface area contributed by atoms with Crippen LogP contribution in [0.15, 0.2) is 0 Å². The van der Waals surface area contributed by atoms with Gasteiger partial charge in [-0.2, -0.15) is 0 Å². The molecule has 0 unspecified atom stereocenters. The van der Waals surface area contributed by atoms with Crippen LogP contribution < -0.4 is 6.15 Å². The molecule has 0 spiro atoms. The Kier molecular flexibility index (Phi) is 24.3. The monoisotopic (exact) mass is 121 g/mol. The molecule has 0 saturated heterocycles. The van der Waals surface area contributed by atoms with Crippen molar-refractivity contribution >= 4 is 43.9 Å². The number of hydrogen-bond donors (Lipinski definition) is 3. The number of rotatable bonds is 0. The predicted molar refractivity (Wildman–Crippen MR) is 24.2 cm³/mol. The number of carboxylic acid groups (broad SMARTS) is 2. The summed E-state index contributed by atoms with van der Waals surface area (Å²) in [6.45, 7) is 0. The summed E-state index contributed by atoms with van der Waals surface area (Å²) in [7, 11) is 0. The molecule has 0 fully saturated rings. The molecule has 0 amide bonds. The van der Waals surface area contributed by atoms with E-state index in [4.69, 9.17) is 15.0 Å². The molecule has 36 valence electrons. The molecule has 5 heteroatoms. The van der Waals surface area contributed by atoms with Gasteiger partial charge in [0.15, 0.2) is 0 Å². The van der Waals surface area contributed by atoms with Gasteiger partial charge >= 0.3 is 43.9 Å². The van der Waals surface area contributed by atoms with Gasteiger partial charge in [0, 0.05) is 0 Å². The number of carbonyl (C=O) groups is 1. The Hall–Kier alpha value is 0.490. The molecular formula is CH7CaNO3. The van der Waals surface area contributed by atoms with Crippen molar-refractivity contribution in [2.45, 2.75) is 0 Å². The van der Waals surface area contributed by atoms with Crippen molar-refractivity contribution in [1.82, 2.24) is 6.15 Å². The Balaban J connectivity index is -0.0000000450. The van der Waals surface area contributed by atoms with Gasteiger partial charge in [-0.1, -0.05) is 0 Å². The van der Waals surface area contributed by atoms with Crippen LogP contribution in [0.25, 0.3) is 0 Å². The molecule has 0 radical (unpaired) electrons. The van der Waals surface area contributed by atoms with Crippen molar-refractivity contribution in [3.05, 3.63) is 0 Å². The molecule has 0 heterocycles. The van der Waals surface area contributed by atoms with Gasteiger partial charge in [-0.3, -0.25) is 0 Å². The van der Waals surface area contributed by atoms with E-state index < -0.39 is 6.16 Å². The summed E-state index contributed by atoms with van der Waals surface area (Å²) in [6.07, 6.45) is -1.83. The van der Waals surface area contributed by atoms with E-state index in [1.807, 2.05) is 0 Å². The Morgan fingerprint density at radius 3 is 1.33 bits per heavy atom. The zero-order chi connectivity index (χ0) is 3.58. The summed E-state index contributed by atoms with van der Waals surface area (Å²) in [4.78, 5) is 8.56. The van der Waals surface area contributed by atoms with E-state index in [1.54, 1.807) is 0 Å². The van der Waals surface area contributed by atoms with Gasteiger partial charge in [-0.25, -0.2) is 4.79 Å². The van der Waals surface area contributed by atoms with E-state index in [0.717, 1.165) is 0 Å². The van der Waals surface area contributed by atoms with Crippen LogP contribution in [0.5, 0.6) is 0 Å². The standard InChI is InChI=1S/CH2O3.Ca.H3N.2H/c2-1(3)4;;;;/h(H2,2,3,4);;1H3;;. The minimum atomic E-state index is -1.83. The molecular weight excluding hydrogens is 114 g/mol. The molecule has 6 heavy (non-hydrogen) atoms. The quantitative estimate of drug-likeness (QED) is 0.375. The Bertz CT molecular complexity index is 33.8. The normalized spacial score (nSPS) is 4.00. The fourth-order valence-electron chi connectivity index (χ4n) is 0. The zero-order valence-corrected chi connectivity index (χ0v) is 2.51. The van der Waals surface area contributed by atoms with Crippen molar-refractivity contribution in [1.29, 1.82) is 0 Å². The summed E-state index contributed by atoms with van der Waals surface area (Å²) in [5.41, 5.74) is 0. The Morgan fingerprint density at radius 1 is 1.33 bits per heavy atom. The van der Waals surface area contributed by atoms with Crippen LogP contribution in [0.2, 0.25) is 0 Å². The molecule has 0 aliphatic rings.